The van der Waals surface area contributed by atoms with Gasteiger partial charge in [0.1, 0.15) is 6.10 Å². The third-order valence-corrected chi connectivity index (χ3v) is 2.05. The smallest absolute Gasteiger partial charge is 0.306 e. The lowest BCUT2D eigenvalue weighted by Crippen LogP contribution is -2.27. The molecule has 0 spiro atoms. The standard InChI is InChI=1S/C10H18O2/c1-10(2,3)7-8-5-4-6-9(11)12-8/h8H,4-7H2,1-3H3. The van der Waals surface area contributed by atoms with E-state index in [2.05, 4.69) is 20.8 Å². The Bertz CT molecular complexity index is 167. The molecule has 1 aliphatic heterocycles. The van der Waals surface area contributed by atoms with E-state index in [-0.39, 0.29) is 17.5 Å². The predicted molar refractivity (Wildman–Crippen MR) is 47.8 cm³/mol. The zero-order chi connectivity index (χ0) is 9.19. The molecular formula is C10H18O2. The topological polar surface area (TPSA) is 26.3 Å². The number of rotatable bonds is 1. The molecule has 1 rings (SSSR count). The lowest BCUT2D eigenvalue weighted by atomic mass is 9.87. The lowest BCUT2D eigenvalue weighted by molar-refractivity contribution is -0.155. The average molecular weight is 170 g/mol. The number of ether oxygens (including phenoxy) is 1. The molecule has 2 heteroatoms. The first-order valence-corrected chi connectivity index (χ1v) is 4.67. The Morgan fingerprint density at radius 2 is 2.17 bits per heavy atom. The highest BCUT2D eigenvalue weighted by Crippen LogP contribution is 2.27. The number of cyclic esters (lactones) is 1. The van der Waals surface area contributed by atoms with Crippen molar-refractivity contribution in [3.05, 3.63) is 0 Å². The fourth-order valence-corrected chi connectivity index (χ4v) is 1.60. The second-order valence-electron chi connectivity index (χ2n) is 4.77. The maximum absolute atomic E-state index is 10.9. The van der Waals surface area contributed by atoms with Gasteiger partial charge < -0.3 is 4.74 Å². The molecule has 1 atom stereocenters. The summed E-state index contributed by atoms with van der Waals surface area (Å²) in [5.41, 5.74) is 0.266. The van der Waals surface area contributed by atoms with E-state index in [4.69, 9.17) is 4.74 Å². The fraction of sp³-hybridized carbons (Fsp3) is 0.900. The zero-order valence-electron chi connectivity index (χ0n) is 8.22. The van der Waals surface area contributed by atoms with Crippen molar-refractivity contribution >= 4 is 5.97 Å². The molecule has 0 radical (unpaired) electrons. The Morgan fingerprint density at radius 1 is 1.50 bits per heavy atom. The van der Waals surface area contributed by atoms with Crippen molar-refractivity contribution in [3.63, 3.8) is 0 Å². The molecule has 0 aromatic heterocycles. The summed E-state index contributed by atoms with van der Waals surface area (Å²) in [4.78, 5) is 10.9. The maximum Gasteiger partial charge on any atom is 0.306 e. The molecule has 1 fully saturated rings. The Kier molecular flexibility index (Phi) is 2.76. The average Bonchev–Trinajstić information content (AvgIpc) is 1.82. The van der Waals surface area contributed by atoms with Gasteiger partial charge in [-0.2, -0.15) is 0 Å². The van der Waals surface area contributed by atoms with Gasteiger partial charge >= 0.3 is 5.97 Å². The van der Waals surface area contributed by atoms with Crippen LogP contribution in [-0.4, -0.2) is 12.1 Å². The molecular weight excluding hydrogens is 152 g/mol. The first-order valence-electron chi connectivity index (χ1n) is 4.67. The first-order chi connectivity index (χ1) is 5.47. The van der Waals surface area contributed by atoms with Gasteiger partial charge in [-0.25, -0.2) is 0 Å². The molecule has 1 heterocycles. The molecule has 1 unspecified atom stereocenters. The number of hydrogen-bond acceptors (Lipinski definition) is 2. The van der Waals surface area contributed by atoms with Gasteiger partial charge in [-0.1, -0.05) is 20.8 Å². The Hall–Kier alpha value is -0.530. The molecule has 0 aromatic carbocycles. The fourth-order valence-electron chi connectivity index (χ4n) is 1.60. The van der Waals surface area contributed by atoms with E-state index >= 15 is 0 Å². The Labute approximate surface area is 74.3 Å². The molecule has 1 aliphatic rings. The molecule has 0 saturated carbocycles. The second kappa shape index (κ2) is 3.46. The largest absolute Gasteiger partial charge is 0.462 e. The number of esters is 1. The quantitative estimate of drug-likeness (QED) is 0.565. The van der Waals surface area contributed by atoms with Crippen molar-refractivity contribution < 1.29 is 9.53 Å². The van der Waals surface area contributed by atoms with Crippen molar-refractivity contribution in [1.82, 2.24) is 0 Å². The van der Waals surface area contributed by atoms with Crippen LogP contribution in [0, 0.1) is 5.41 Å². The van der Waals surface area contributed by atoms with Crippen LogP contribution < -0.4 is 0 Å². The summed E-state index contributed by atoms with van der Waals surface area (Å²) < 4.78 is 5.22. The van der Waals surface area contributed by atoms with Crippen LogP contribution in [0.25, 0.3) is 0 Å². The van der Waals surface area contributed by atoms with Gasteiger partial charge in [-0.3, -0.25) is 4.79 Å². The van der Waals surface area contributed by atoms with Gasteiger partial charge in [0.2, 0.25) is 0 Å². The minimum atomic E-state index is -0.0181. The third-order valence-electron chi connectivity index (χ3n) is 2.05. The molecule has 1 saturated heterocycles. The van der Waals surface area contributed by atoms with Gasteiger partial charge in [-0.05, 0) is 24.7 Å². The molecule has 0 aromatic rings. The van der Waals surface area contributed by atoms with Crippen molar-refractivity contribution in [3.8, 4) is 0 Å². The van der Waals surface area contributed by atoms with Gasteiger partial charge in [0.25, 0.3) is 0 Å². The van der Waals surface area contributed by atoms with Crippen LogP contribution in [0.2, 0.25) is 0 Å². The highest BCUT2D eigenvalue weighted by atomic mass is 16.5. The highest BCUT2D eigenvalue weighted by molar-refractivity contribution is 5.70. The van der Waals surface area contributed by atoms with Gasteiger partial charge in [0.15, 0.2) is 0 Å². The van der Waals surface area contributed by atoms with Crippen molar-refractivity contribution in [2.45, 2.75) is 52.6 Å². The van der Waals surface area contributed by atoms with Crippen LogP contribution in [-0.2, 0) is 9.53 Å². The van der Waals surface area contributed by atoms with Gasteiger partial charge in [-0.15, -0.1) is 0 Å². The van der Waals surface area contributed by atoms with Gasteiger partial charge in [0, 0.05) is 6.42 Å². The van der Waals surface area contributed by atoms with Crippen LogP contribution in [0.1, 0.15) is 46.5 Å². The van der Waals surface area contributed by atoms with E-state index in [1.54, 1.807) is 0 Å². The molecule has 0 amide bonds. The number of carbonyl (C=O) groups is 1. The second-order valence-corrected chi connectivity index (χ2v) is 4.77. The van der Waals surface area contributed by atoms with E-state index in [0.717, 1.165) is 19.3 Å². The molecule has 70 valence electrons. The van der Waals surface area contributed by atoms with Gasteiger partial charge in [0.05, 0.1) is 0 Å². The number of carbonyl (C=O) groups excluding carboxylic acids is 1. The van der Waals surface area contributed by atoms with Crippen LogP contribution >= 0.6 is 0 Å². The summed E-state index contributed by atoms with van der Waals surface area (Å²) >= 11 is 0. The molecule has 0 N–H and O–H groups in total. The van der Waals surface area contributed by atoms with Crippen molar-refractivity contribution in [2.24, 2.45) is 5.41 Å². The molecule has 0 aliphatic carbocycles. The monoisotopic (exact) mass is 170 g/mol. The van der Waals surface area contributed by atoms with Crippen molar-refractivity contribution in [1.29, 1.82) is 0 Å². The van der Waals surface area contributed by atoms with Crippen LogP contribution in [0.3, 0.4) is 0 Å². The van der Waals surface area contributed by atoms with Crippen molar-refractivity contribution in [2.75, 3.05) is 0 Å². The normalized spacial score (nSPS) is 25.2. The summed E-state index contributed by atoms with van der Waals surface area (Å²) in [5, 5.41) is 0. The maximum atomic E-state index is 10.9. The third kappa shape index (κ3) is 3.24. The SMILES string of the molecule is CC(C)(C)CC1CCCC(=O)O1. The Morgan fingerprint density at radius 3 is 2.67 bits per heavy atom. The Balaban J connectivity index is 2.37. The zero-order valence-corrected chi connectivity index (χ0v) is 8.22. The lowest BCUT2D eigenvalue weighted by Gasteiger charge is -2.28. The summed E-state index contributed by atoms with van der Waals surface area (Å²) in [6.07, 6.45) is 3.81. The van der Waals surface area contributed by atoms with E-state index < -0.39 is 0 Å². The first kappa shape index (κ1) is 9.56. The highest BCUT2D eigenvalue weighted by Gasteiger charge is 2.25. The number of hydrogen-bond donors (Lipinski definition) is 0. The summed E-state index contributed by atoms with van der Waals surface area (Å²) in [6, 6.07) is 0. The molecule has 2 nitrogen and oxygen atoms in total. The van der Waals surface area contributed by atoms with Crippen LogP contribution in [0.15, 0.2) is 0 Å². The van der Waals surface area contributed by atoms with Crippen LogP contribution in [0.5, 0.6) is 0 Å². The molecule has 0 bridgehead atoms. The van der Waals surface area contributed by atoms with Crippen LogP contribution in [0.4, 0.5) is 0 Å². The summed E-state index contributed by atoms with van der Waals surface area (Å²) in [6.45, 7) is 6.53. The van der Waals surface area contributed by atoms with E-state index in [9.17, 15) is 4.79 Å². The summed E-state index contributed by atoms with van der Waals surface area (Å²) in [5.74, 6) is -0.0181. The van der Waals surface area contributed by atoms with E-state index in [1.807, 2.05) is 0 Å². The summed E-state index contributed by atoms with van der Waals surface area (Å²) in [7, 11) is 0. The molecule has 12 heavy (non-hydrogen) atoms. The predicted octanol–water partition coefficient (Wildman–Crippen LogP) is 2.52. The minimum absolute atomic E-state index is 0.0181. The van der Waals surface area contributed by atoms with E-state index in [0.29, 0.717) is 6.42 Å². The van der Waals surface area contributed by atoms with E-state index in [1.165, 1.54) is 0 Å². The minimum Gasteiger partial charge on any atom is -0.462 e.